The molecule has 160 valence electrons. The fraction of sp³-hybridized carbons (Fsp3) is 0.409. The Morgan fingerprint density at radius 3 is 2.40 bits per heavy atom. The third-order valence-electron chi connectivity index (χ3n) is 5.60. The molecule has 2 heterocycles. The highest BCUT2D eigenvalue weighted by Crippen LogP contribution is 2.61. The van der Waals surface area contributed by atoms with Gasteiger partial charge in [-0.2, -0.15) is 0 Å². The topological polar surface area (TPSA) is 94.2 Å². The first-order chi connectivity index (χ1) is 14.2. The molecule has 2 unspecified atom stereocenters. The normalized spacial score (nSPS) is 26.3. The zero-order valence-electron chi connectivity index (χ0n) is 17.9. The number of nitrogens with one attached hydrogen (secondary N) is 1. The molecule has 0 aromatic heterocycles. The molecule has 7 nitrogen and oxygen atoms in total. The van der Waals surface area contributed by atoms with Gasteiger partial charge in [-0.05, 0) is 29.2 Å². The summed E-state index contributed by atoms with van der Waals surface area (Å²) in [7, 11) is 0.449. The fourth-order valence-corrected chi connectivity index (χ4v) is 6.51. The van der Waals surface area contributed by atoms with Crippen molar-refractivity contribution in [2.24, 2.45) is 0 Å². The number of esters is 2. The molecule has 0 aliphatic carbocycles. The van der Waals surface area contributed by atoms with Crippen LogP contribution in [-0.4, -0.2) is 51.9 Å². The molecule has 30 heavy (non-hydrogen) atoms. The molecule has 0 saturated carbocycles. The van der Waals surface area contributed by atoms with Crippen molar-refractivity contribution >= 4 is 25.9 Å². The van der Waals surface area contributed by atoms with Gasteiger partial charge in [0, 0.05) is 24.3 Å². The summed E-state index contributed by atoms with van der Waals surface area (Å²) >= 11 is 0. The first-order valence-electron chi connectivity index (χ1n) is 9.79. The van der Waals surface area contributed by atoms with Gasteiger partial charge in [-0.25, -0.2) is 9.59 Å². The van der Waals surface area contributed by atoms with Crippen LogP contribution in [0.3, 0.4) is 0 Å². The quantitative estimate of drug-likeness (QED) is 0.344. The molecule has 1 amide bonds. The highest BCUT2D eigenvalue weighted by atomic mass is 28.3. The molecule has 3 rings (SSSR count). The van der Waals surface area contributed by atoms with Crippen molar-refractivity contribution in [3.05, 3.63) is 58.7 Å². The van der Waals surface area contributed by atoms with E-state index in [1.165, 1.54) is 26.4 Å². The Kier molecular flexibility index (Phi) is 6.01. The van der Waals surface area contributed by atoms with E-state index in [1.807, 2.05) is 18.2 Å². The Morgan fingerprint density at radius 2 is 1.77 bits per heavy atom. The van der Waals surface area contributed by atoms with Gasteiger partial charge < -0.3 is 19.5 Å². The van der Waals surface area contributed by atoms with E-state index in [2.05, 4.69) is 25.0 Å². The molecular weight excluding hydrogens is 402 g/mol. The molecule has 1 N–H and O–H groups in total. The largest absolute Gasteiger partial charge is 0.466 e. The average molecular weight is 430 g/mol. The van der Waals surface area contributed by atoms with E-state index in [9.17, 15) is 14.4 Å². The highest BCUT2D eigenvalue weighted by Gasteiger charge is 2.67. The summed E-state index contributed by atoms with van der Waals surface area (Å²) in [4.78, 5) is 37.2. The second-order valence-electron chi connectivity index (χ2n) is 8.35. The zero-order chi connectivity index (χ0) is 22.1. The van der Waals surface area contributed by atoms with Gasteiger partial charge in [0.25, 0.3) is 5.91 Å². The number of hydrogen-bond acceptors (Lipinski definition) is 6. The number of fused-ring (bicyclic) bond motifs is 3. The van der Waals surface area contributed by atoms with Gasteiger partial charge in [-0.3, -0.25) is 4.79 Å². The third-order valence-corrected chi connectivity index (χ3v) is 8.48. The van der Waals surface area contributed by atoms with Crippen molar-refractivity contribution < 1.29 is 28.6 Å². The first-order valence-corrected chi connectivity index (χ1v) is 13.3. The maximum absolute atomic E-state index is 12.8. The Morgan fingerprint density at radius 1 is 1.13 bits per heavy atom. The van der Waals surface area contributed by atoms with Crippen molar-refractivity contribution in [2.45, 2.75) is 37.4 Å². The molecule has 2 aliphatic rings. The Balaban J connectivity index is 2.28. The highest BCUT2D eigenvalue weighted by molar-refractivity contribution is 6.80. The molecular formula is C22H27NO6Si. The second kappa shape index (κ2) is 8.20. The molecule has 1 saturated heterocycles. The van der Waals surface area contributed by atoms with Gasteiger partial charge in [-0.1, -0.05) is 37.8 Å². The lowest BCUT2D eigenvalue weighted by atomic mass is 9.91. The van der Waals surface area contributed by atoms with Gasteiger partial charge in [0.15, 0.2) is 0 Å². The predicted molar refractivity (Wildman–Crippen MR) is 113 cm³/mol. The SMILES string of the molecule is COC(=O)/C=C1/CCNC(=O)c2ccccc2C2OC2([Si](C)(C)C)/C1=C/C(=O)OC. The van der Waals surface area contributed by atoms with Crippen LogP contribution in [0.2, 0.25) is 19.6 Å². The summed E-state index contributed by atoms with van der Waals surface area (Å²) in [5.74, 6) is -1.25. The van der Waals surface area contributed by atoms with Gasteiger partial charge in [0.05, 0.1) is 22.3 Å². The van der Waals surface area contributed by atoms with E-state index >= 15 is 0 Å². The van der Waals surface area contributed by atoms with Crippen molar-refractivity contribution in [3.63, 3.8) is 0 Å². The van der Waals surface area contributed by atoms with E-state index in [0.717, 1.165) is 5.56 Å². The lowest BCUT2D eigenvalue weighted by Crippen LogP contribution is -2.45. The number of carbonyl (C=O) groups is 3. The Labute approximate surface area is 177 Å². The lowest BCUT2D eigenvalue weighted by Gasteiger charge is -2.31. The molecule has 2 aliphatic heterocycles. The van der Waals surface area contributed by atoms with E-state index < -0.39 is 31.3 Å². The minimum absolute atomic E-state index is 0.191. The summed E-state index contributed by atoms with van der Waals surface area (Å²) in [6.07, 6.45) is 2.73. The van der Waals surface area contributed by atoms with E-state index in [4.69, 9.17) is 14.2 Å². The van der Waals surface area contributed by atoms with Crippen molar-refractivity contribution in [1.82, 2.24) is 5.32 Å². The molecule has 1 aromatic rings. The van der Waals surface area contributed by atoms with E-state index in [-0.39, 0.29) is 5.91 Å². The molecule has 2 atom stereocenters. The number of benzene rings is 1. The third kappa shape index (κ3) is 3.84. The van der Waals surface area contributed by atoms with Crippen LogP contribution in [0.1, 0.15) is 28.4 Å². The number of epoxide rings is 1. The smallest absolute Gasteiger partial charge is 0.330 e. The van der Waals surface area contributed by atoms with Crippen LogP contribution in [0.5, 0.6) is 0 Å². The second-order valence-corrected chi connectivity index (χ2v) is 13.6. The molecule has 8 heteroatoms. The number of methoxy groups -OCH3 is 2. The minimum Gasteiger partial charge on any atom is -0.466 e. The van der Waals surface area contributed by atoms with Crippen molar-refractivity contribution in [3.8, 4) is 0 Å². The molecule has 0 spiro atoms. The van der Waals surface area contributed by atoms with Crippen LogP contribution in [0.15, 0.2) is 47.6 Å². The Hall–Kier alpha value is -2.71. The van der Waals surface area contributed by atoms with Crippen LogP contribution in [0, 0.1) is 0 Å². The maximum atomic E-state index is 12.8. The average Bonchev–Trinajstić information content (AvgIpc) is 3.47. The number of ether oxygens (including phenoxy) is 3. The van der Waals surface area contributed by atoms with Crippen LogP contribution in [0.4, 0.5) is 0 Å². The zero-order valence-corrected chi connectivity index (χ0v) is 18.9. The van der Waals surface area contributed by atoms with Gasteiger partial charge in [-0.15, -0.1) is 0 Å². The monoisotopic (exact) mass is 429 g/mol. The summed E-state index contributed by atoms with van der Waals surface area (Å²) in [6.45, 7) is 6.72. The Bertz CT molecular complexity index is 945. The van der Waals surface area contributed by atoms with Crippen LogP contribution in [-0.2, 0) is 23.8 Å². The minimum atomic E-state index is -2.16. The predicted octanol–water partition coefficient (Wildman–Crippen LogP) is 2.71. The maximum Gasteiger partial charge on any atom is 0.330 e. The summed E-state index contributed by atoms with van der Waals surface area (Å²) in [5, 5.41) is 2.11. The number of amides is 1. The van der Waals surface area contributed by atoms with E-state index in [0.29, 0.717) is 29.7 Å². The van der Waals surface area contributed by atoms with Crippen molar-refractivity contribution in [2.75, 3.05) is 20.8 Å². The number of hydrogen-bond donors (Lipinski definition) is 1. The van der Waals surface area contributed by atoms with Crippen LogP contribution < -0.4 is 5.32 Å². The van der Waals surface area contributed by atoms with Crippen LogP contribution in [0.25, 0.3) is 0 Å². The fourth-order valence-electron chi connectivity index (χ4n) is 4.05. The van der Waals surface area contributed by atoms with E-state index in [1.54, 1.807) is 6.07 Å². The van der Waals surface area contributed by atoms with Crippen LogP contribution >= 0.6 is 0 Å². The van der Waals surface area contributed by atoms with Crippen molar-refractivity contribution in [1.29, 1.82) is 0 Å². The van der Waals surface area contributed by atoms with Gasteiger partial charge in [0.1, 0.15) is 11.3 Å². The lowest BCUT2D eigenvalue weighted by molar-refractivity contribution is -0.135. The summed E-state index contributed by atoms with van der Waals surface area (Å²) in [5.41, 5.74) is 2.54. The van der Waals surface area contributed by atoms with Gasteiger partial charge >= 0.3 is 11.9 Å². The molecule has 0 bridgehead atoms. The number of carbonyl (C=O) groups excluding carboxylic acids is 3. The molecule has 1 aromatic carbocycles. The number of rotatable bonds is 3. The first kappa shape index (κ1) is 22.0. The van der Waals surface area contributed by atoms with Gasteiger partial charge in [0.2, 0.25) is 0 Å². The summed E-state index contributed by atoms with van der Waals surface area (Å²) < 4.78 is 16.1. The molecule has 0 radical (unpaired) electrons. The molecule has 1 fully saturated rings. The standard InChI is InChI=1S/C22H27NO6Si/c1-27-18(24)12-14-10-11-23-21(26)16-9-7-6-8-15(16)20-22(29-20,30(3,4)5)17(14)13-19(25)28-2/h6-9,12-13,20H,10-11H2,1-5H3,(H,23,26)/b14-12-,17-13+. The summed E-state index contributed by atoms with van der Waals surface area (Å²) in [6, 6.07) is 7.33.